The van der Waals surface area contributed by atoms with E-state index < -0.39 is 24.0 Å². The van der Waals surface area contributed by atoms with Crippen molar-refractivity contribution in [3.05, 3.63) is 156 Å². The molecule has 4 heterocycles. The number of methoxy groups -OCH3 is 2. The monoisotopic (exact) mass is 780 g/mol. The fourth-order valence-electron chi connectivity index (χ4n) is 7.37. The van der Waals surface area contributed by atoms with E-state index >= 15 is 0 Å². The average Bonchev–Trinajstić information content (AvgIpc) is 4.03. The van der Waals surface area contributed by atoms with E-state index in [4.69, 9.17) is 23.9 Å². The second kappa shape index (κ2) is 17.3. The molecule has 1 amide bonds. The van der Waals surface area contributed by atoms with Gasteiger partial charge in [0.25, 0.3) is 5.91 Å². The van der Waals surface area contributed by atoms with Crippen molar-refractivity contribution in [2.45, 2.75) is 43.3 Å². The number of amides is 1. The summed E-state index contributed by atoms with van der Waals surface area (Å²) in [6.07, 6.45) is 4.28. The number of carbonyl (C=O) groups is 1. The number of rotatable bonds is 16. The zero-order valence-corrected chi connectivity index (χ0v) is 32.1. The Bertz CT molecular complexity index is 2360. The molecule has 4 aromatic carbocycles. The Morgan fingerprint density at radius 1 is 0.897 bits per heavy atom. The van der Waals surface area contributed by atoms with Gasteiger partial charge in [0.1, 0.15) is 35.8 Å². The van der Waals surface area contributed by atoms with Gasteiger partial charge in [-0.1, -0.05) is 72.8 Å². The van der Waals surface area contributed by atoms with E-state index in [9.17, 15) is 9.90 Å². The zero-order valence-electron chi connectivity index (χ0n) is 32.1. The summed E-state index contributed by atoms with van der Waals surface area (Å²) in [6.45, 7) is 0.587. The highest BCUT2D eigenvalue weighted by molar-refractivity contribution is 6.06. The quantitative estimate of drug-likeness (QED) is 0.0622. The number of aromatic nitrogens is 6. The molecule has 0 saturated carbocycles. The molecule has 0 spiro atoms. The van der Waals surface area contributed by atoms with Crippen LogP contribution in [0.3, 0.4) is 0 Å². The van der Waals surface area contributed by atoms with E-state index in [-0.39, 0.29) is 24.8 Å². The van der Waals surface area contributed by atoms with Crippen LogP contribution >= 0.6 is 0 Å². The highest BCUT2D eigenvalue weighted by Crippen LogP contribution is 2.43. The molecule has 4 N–H and O–H groups in total. The number of aliphatic hydroxyl groups excluding tert-OH is 1. The Morgan fingerprint density at radius 3 is 2.19 bits per heavy atom. The third-order valence-electron chi connectivity index (χ3n) is 10.3. The zero-order chi connectivity index (χ0) is 39.9. The molecule has 8 rings (SSSR count). The third kappa shape index (κ3) is 7.85. The minimum atomic E-state index is -1.11. The van der Waals surface area contributed by atoms with Gasteiger partial charge in [-0.05, 0) is 65.9 Å². The predicted molar refractivity (Wildman–Crippen MR) is 218 cm³/mol. The maximum absolute atomic E-state index is 13.2. The number of imidazole rings is 2. The number of aliphatic hydroxyl groups is 1. The Hall–Kier alpha value is -6.61. The number of aryl methyl sites for hydroxylation is 1. The van der Waals surface area contributed by atoms with Crippen molar-refractivity contribution in [2.75, 3.05) is 38.0 Å². The van der Waals surface area contributed by atoms with Gasteiger partial charge in [0.2, 0.25) is 5.95 Å². The summed E-state index contributed by atoms with van der Waals surface area (Å²) < 4.78 is 26.6. The second-order valence-electron chi connectivity index (χ2n) is 13.9. The smallest absolute Gasteiger partial charge is 0.256 e. The van der Waals surface area contributed by atoms with Crippen LogP contribution in [0.15, 0.2) is 128 Å². The van der Waals surface area contributed by atoms with Crippen LogP contribution in [0.2, 0.25) is 0 Å². The molecule has 58 heavy (non-hydrogen) atoms. The number of carbonyl (C=O) groups excluding carboxylic acids is 1. The van der Waals surface area contributed by atoms with Crippen molar-refractivity contribution in [3.8, 4) is 11.5 Å². The first-order chi connectivity index (χ1) is 28.5. The van der Waals surface area contributed by atoms with E-state index in [1.807, 2.05) is 89.5 Å². The molecule has 1 aliphatic rings. The Morgan fingerprint density at radius 2 is 1.55 bits per heavy atom. The highest BCUT2D eigenvalue weighted by Gasteiger charge is 2.43. The second-order valence-corrected chi connectivity index (χ2v) is 13.9. The fourth-order valence-corrected chi connectivity index (χ4v) is 7.37. The molecule has 7 aromatic rings. The predicted octanol–water partition coefficient (Wildman–Crippen LogP) is 6.52. The van der Waals surface area contributed by atoms with E-state index in [0.29, 0.717) is 40.7 Å². The third-order valence-corrected chi connectivity index (χ3v) is 10.3. The lowest BCUT2D eigenvalue weighted by atomic mass is 9.80. The minimum Gasteiger partial charge on any atom is -0.497 e. The summed E-state index contributed by atoms with van der Waals surface area (Å²) in [5.74, 6) is 1.81. The SMILES string of the molecule is COc1ccc(C(OC[C@H]2O[C@@H](n3c(NCCCc4cnc[nH]4)nc4c(NC(=O)c5ccccc5)ncnc43)C[C@@H]2O)(c2ccccc2)c2ccc(OC)cc2)cc1. The number of anilines is 2. The van der Waals surface area contributed by atoms with Crippen molar-refractivity contribution in [3.63, 3.8) is 0 Å². The summed E-state index contributed by atoms with van der Waals surface area (Å²) in [5, 5.41) is 18.0. The molecule has 1 fully saturated rings. The first-order valence-electron chi connectivity index (χ1n) is 19.1. The average molecular weight is 781 g/mol. The van der Waals surface area contributed by atoms with Gasteiger partial charge in [0.15, 0.2) is 17.0 Å². The number of hydrogen-bond acceptors (Lipinski definition) is 11. The van der Waals surface area contributed by atoms with E-state index in [1.54, 1.807) is 51.0 Å². The number of nitrogens with one attached hydrogen (secondary N) is 3. The molecular formula is C44H44N8O6. The fraction of sp³-hybridized carbons (Fsp3) is 0.250. The molecule has 3 atom stereocenters. The van der Waals surface area contributed by atoms with E-state index in [0.717, 1.165) is 35.2 Å². The lowest BCUT2D eigenvalue weighted by molar-refractivity contribution is -0.0927. The van der Waals surface area contributed by atoms with Gasteiger partial charge in [-0.15, -0.1) is 0 Å². The molecule has 0 bridgehead atoms. The lowest BCUT2D eigenvalue weighted by Crippen LogP contribution is -2.38. The molecule has 0 radical (unpaired) electrons. The largest absolute Gasteiger partial charge is 0.497 e. The number of ether oxygens (including phenoxy) is 4. The molecule has 14 heteroatoms. The maximum Gasteiger partial charge on any atom is 0.256 e. The van der Waals surface area contributed by atoms with Gasteiger partial charge in [-0.2, -0.15) is 0 Å². The molecule has 296 valence electrons. The Labute approximate surface area is 335 Å². The molecule has 1 aliphatic heterocycles. The van der Waals surface area contributed by atoms with Gasteiger partial charge in [-0.3, -0.25) is 9.36 Å². The van der Waals surface area contributed by atoms with Crippen molar-refractivity contribution in [1.82, 2.24) is 29.5 Å². The summed E-state index contributed by atoms with van der Waals surface area (Å²) in [7, 11) is 3.27. The number of fused-ring (bicyclic) bond motifs is 1. The van der Waals surface area contributed by atoms with E-state index in [2.05, 4.69) is 30.6 Å². The van der Waals surface area contributed by atoms with Crippen LogP contribution in [0.25, 0.3) is 11.2 Å². The molecule has 1 saturated heterocycles. The first kappa shape index (κ1) is 38.3. The summed E-state index contributed by atoms with van der Waals surface area (Å²) in [5.41, 5.74) is 3.81. The van der Waals surface area contributed by atoms with Gasteiger partial charge in [0.05, 0.1) is 33.3 Å². The van der Waals surface area contributed by atoms with Crippen LogP contribution in [0, 0.1) is 0 Å². The molecule has 0 aliphatic carbocycles. The Kier molecular flexibility index (Phi) is 11.4. The van der Waals surface area contributed by atoms with Gasteiger partial charge >= 0.3 is 0 Å². The van der Waals surface area contributed by atoms with Gasteiger partial charge < -0.3 is 39.7 Å². The summed E-state index contributed by atoms with van der Waals surface area (Å²) in [6, 6.07) is 34.4. The van der Waals surface area contributed by atoms with Crippen LogP contribution in [-0.4, -0.2) is 80.1 Å². The molecule has 3 aromatic heterocycles. The number of hydrogen-bond donors (Lipinski definition) is 4. The molecule has 14 nitrogen and oxygen atoms in total. The number of nitrogens with zero attached hydrogens (tertiary/aromatic N) is 5. The highest BCUT2D eigenvalue weighted by atomic mass is 16.6. The maximum atomic E-state index is 13.2. The van der Waals surface area contributed by atoms with Gasteiger partial charge in [-0.25, -0.2) is 19.9 Å². The summed E-state index contributed by atoms with van der Waals surface area (Å²) in [4.78, 5) is 34.4. The molecule has 0 unspecified atom stereocenters. The van der Waals surface area contributed by atoms with Gasteiger partial charge in [0, 0.05) is 30.4 Å². The van der Waals surface area contributed by atoms with Crippen LogP contribution < -0.4 is 20.1 Å². The van der Waals surface area contributed by atoms with E-state index in [1.165, 1.54) is 6.33 Å². The van der Waals surface area contributed by atoms with Crippen molar-refractivity contribution in [1.29, 1.82) is 0 Å². The standard InChI is InChI=1S/C44H44N8O6/c1-55-34-19-15-31(16-20-34)44(30-12-7-4-8-13-30,32-17-21-35(56-2)22-18-32)57-26-37-36(53)24-38(58-37)52-41-39(50-43(52)46-23-9-14-33-25-45-27-47-33)40(48-28-49-41)51-42(54)29-10-5-3-6-11-29/h3-8,10-13,15-22,25,27-28,36-38,53H,9,14,23-24,26H2,1-2H3,(H,45,47)(H,46,50)(H,48,49,51,54)/t36-,37+,38+/m0/s1. The minimum absolute atomic E-state index is 0.0254. The number of aromatic amines is 1. The van der Waals surface area contributed by atoms with Crippen LogP contribution in [-0.2, 0) is 21.5 Å². The first-order valence-corrected chi connectivity index (χ1v) is 19.1. The Balaban J connectivity index is 1.11. The normalized spacial score (nSPS) is 16.6. The van der Waals surface area contributed by atoms with Crippen LogP contribution in [0.5, 0.6) is 11.5 Å². The van der Waals surface area contributed by atoms with Crippen LogP contribution in [0.1, 0.15) is 51.8 Å². The molecular weight excluding hydrogens is 737 g/mol. The summed E-state index contributed by atoms with van der Waals surface area (Å²) >= 11 is 0. The van der Waals surface area contributed by atoms with Crippen LogP contribution in [0.4, 0.5) is 11.8 Å². The van der Waals surface area contributed by atoms with Crippen molar-refractivity contribution in [2.24, 2.45) is 0 Å². The number of benzene rings is 4. The van der Waals surface area contributed by atoms with Crippen molar-refractivity contribution < 1.29 is 28.8 Å². The lowest BCUT2D eigenvalue weighted by Gasteiger charge is -2.37. The number of H-pyrrole nitrogens is 1. The topological polar surface area (TPSA) is 171 Å². The van der Waals surface area contributed by atoms with Crippen molar-refractivity contribution >= 4 is 28.8 Å².